The van der Waals surface area contributed by atoms with Crippen molar-refractivity contribution in [3.63, 3.8) is 0 Å². The maximum atomic E-state index is 13.8. The zero-order chi connectivity index (χ0) is 24.5. The second kappa shape index (κ2) is 12.4. The molecule has 2 amide bonds. The zero-order valence-electron chi connectivity index (χ0n) is 21.4. The Labute approximate surface area is 200 Å². The SMILES string of the molecule is CC[C@H](C(=O)N(Cc1cc(NC(=O)CC(C)C)ccc1N(C)C)[C@H](C)CC)c1ccccc1. The van der Waals surface area contributed by atoms with Crippen LogP contribution in [0, 0.1) is 5.92 Å². The third kappa shape index (κ3) is 7.34. The molecule has 2 atom stereocenters. The van der Waals surface area contributed by atoms with Crippen LogP contribution in [0.2, 0.25) is 0 Å². The molecule has 0 aliphatic heterocycles. The third-order valence-electron chi connectivity index (χ3n) is 6.09. The summed E-state index contributed by atoms with van der Waals surface area (Å²) in [6, 6.07) is 16.1. The maximum absolute atomic E-state index is 13.8. The minimum absolute atomic E-state index is 0.0125. The lowest BCUT2D eigenvalue weighted by Gasteiger charge is -2.33. The molecule has 180 valence electrons. The largest absolute Gasteiger partial charge is 0.377 e. The second-order valence-corrected chi connectivity index (χ2v) is 9.48. The summed E-state index contributed by atoms with van der Waals surface area (Å²) >= 11 is 0. The first-order chi connectivity index (χ1) is 15.7. The van der Waals surface area contributed by atoms with E-state index in [1.165, 1.54) is 0 Å². The van der Waals surface area contributed by atoms with E-state index < -0.39 is 0 Å². The average molecular weight is 452 g/mol. The molecule has 1 N–H and O–H groups in total. The first kappa shape index (κ1) is 26.4. The van der Waals surface area contributed by atoms with E-state index in [-0.39, 0.29) is 23.8 Å². The van der Waals surface area contributed by atoms with E-state index >= 15 is 0 Å². The van der Waals surface area contributed by atoms with Crippen molar-refractivity contribution in [1.82, 2.24) is 4.90 Å². The summed E-state index contributed by atoms with van der Waals surface area (Å²) in [6.45, 7) is 10.9. The van der Waals surface area contributed by atoms with Gasteiger partial charge < -0.3 is 15.1 Å². The Kier molecular flexibility index (Phi) is 9.95. The molecule has 0 aliphatic carbocycles. The molecule has 0 heterocycles. The van der Waals surface area contributed by atoms with Gasteiger partial charge in [0.15, 0.2) is 0 Å². The Hall–Kier alpha value is -2.82. The first-order valence-corrected chi connectivity index (χ1v) is 12.1. The average Bonchev–Trinajstić information content (AvgIpc) is 2.77. The fourth-order valence-electron chi connectivity index (χ4n) is 4.10. The predicted molar refractivity (Wildman–Crippen MR) is 139 cm³/mol. The fourth-order valence-corrected chi connectivity index (χ4v) is 4.10. The number of hydrogen-bond donors (Lipinski definition) is 1. The molecule has 2 aromatic rings. The summed E-state index contributed by atoms with van der Waals surface area (Å²) < 4.78 is 0. The molecular weight excluding hydrogens is 410 g/mol. The fraction of sp³-hybridized carbons (Fsp3) is 0.500. The highest BCUT2D eigenvalue weighted by atomic mass is 16.2. The molecule has 0 radical (unpaired) electrons. The van der Waals surface area contributed by atoms with E-state index in [0.717, 1.165) is 35.3 Å². The lowest BCUT2D eigenvalue weighted by Crippen LogP contribution is -2.41. The smallest absolute Gasteiger partial charge is 0.230 e. The van der Waals surface area contributed by atoms with Crippen molar-refractivity contribution in [2.45, 2.75) is 72.4 Å². The third-order valence-corrected chi connectivity index (χ3v) is 6.09. The molecule has 5 heteroatoms. The number of amides is 2. The predicted octanol–water partition coefficient (Wildman–Crippen LogP) is 6.06. The van der Waals surface area contributed by atoms with Gasteiger partial charge in [-0.3, -0.25) is 9.59 Å². The number of benzene rings is 2. The molecule has 0 aromatic heterocycles. The highest BCUT2D eigenvalue weighted by molar-refractivity contribution is 5.91. The Morgan fingerprint density at radius 2 is 1.61 bits per heavy atom. The number of hydrogen-bond acceptors (Lipinski definition) is 3. The van der Waals surface area contributed by atoms with Crippen LogP contribution in [0.25, 0.3) is 0 Å². The minimum Gasteiger partial charge on any atom is -0.377 e. The van der Waals surface area contributed by atoms with Gasteiger partial charge in [0.1, 0.15) is 0 Å². The van der Waals surface area contributed by atoms with Crippen molar-refractivity contribution in [1.29, 1.82) is 0 Å². The highest BCUT2D eigenvalue weighted by Crippen LogP contribution is 2.29. The summed E-state index contributed by atoms with van der Waals surface area (Å²) in [5, 5.41) is 3.02. The molecule has 0 fully saturated rings. The summed E-state index contributed by atoms with van der Waals surface area (Å²) in [6.07, 6.45) is 2.11. The minimum atomic E-state index is -0.170. The summed E-state index contributed by atoms with van der Waals surface area (Å²) in [7, 11) is 4.01. The topological polar surface area (TPSA) is 52.7 Å². The van der Waals surface area contributed by atoms with Crippen LogP contribution in [0.3, 0.4) is 0 Å². The van der Waals surface area contributed by atoms with Crippen LogP contribution in [0.15, 0.2) is 48.5 Å². The monoisotopic (exact) mass is 451 g/mol. The molecule has 2 aromatic carbocycles. The molecule has 0 unspecified atom stereocenters. The molecular formula is C28H41N3O2. The van der Waals surface area contributed by atoms with Gasteiger partial charge in [0, 0.05) is 44.5 Å². The van der Waals surface area contributed by atoms with Crippen LogP contribution in [-0.2, 0) is 16.1 Å². The molecule has 33 heavy (non-hydrogen) atoms. The van der Waals surface area contributed by atoms with Crippen molar-refractivity contribution >= 4 is 23.2 Å². The van der Waals surface area contributed by atoms with Gasteiger partial charge in [-0.25, -0.2) is 0 Å². The van der Waals surface area contributed by atoms with Crippen LogP contribution in [0.4, 0.5) is 11.4 Å². The van der Waals surface area contributed by atoms with Crippen LogP contribution in [0.5, 0.6) is 0 Å². The van der Waals surface area contributed by atoms with E-state index in [2.05, 4.69) is 31.0 Å². The van der Waals surface area contributed by atoms with Crippen LogP contribution in [0.1, 0.15) is 70.9 Å². The normalized spacial score (nSPS) is 12.8. The number of nitrogens with zero attached hydrogens (tertiary/aromatic N) is 2. The van der Waals surface area contributed by atoms with Crippen molar-refractivity contribution < 1.29 is 9.59 Å². The van der Waals surface area contributed by atoms with Gasteiger partial charge >= 0.3 is 0 Å². The molecule has 0 saturated heterocycles. The molecule has 0 spiro atoms. The van der Waals surface area contributed by atoms with Crippen molar-refractivity contribution in [2.24, 2.45) is 5.92 Å². The quantitative estimate of drug-likeness (QED) is 0.452. The Morgan fingerprint density at radius 3 is 2.15 bits per heavy atom. The van der Waals surface area contributed by atoms with Gasteiger partial charge in [0.25, 0.3) is 0 Å². The first-order valence-electron chi connectivity index (χ1n) is 12.1. The molecule has 2 rings (SSSR count). The van der Waals surface area contributed by atoms with E-state index in [0.29, 0.717) is 18.9 Å². The van der Waals surface area contributed by atoms with Gasteiger partial charge in [-0.1, -0.05) is 58.0 Å². The zero-order valence-corrected chi connectivity index (χ0v) is 21.4. The second-order valence-electron chi connectivity index (χ2n) is 9.48. The summed E-state index contributed by atoms with van der Waals surface area (Å²) in [5.74, 6) is 0.292. The van der Waals surface area contributed by atoms with E-state index in [9.17, 15) is 9.59 Å². The van der Waals surface area contributed by atoms with Crippen LogP contribution in [-0.4, -0.2) is 36.9 Å². The lowest BCUT2D eigenvalue weighted by molar-refractivity contribution is -0.135. The number of rotatable bonds is 11. The Bertz CT molecular complexity index is 909. The lowest BCUT2D eigenvalue weighted by atomic mass is 9.94. The molecule has 0 aliphatic rings. The molecule has 5 nitrogen and oxygen atoms in total. The van der Waals surface area contributed by atoms with Gasteiger partial charge in [-0.05, 0) is 55.0 Å². The molecule has 0 saturated carbocycles. The Balaban J connectivity index is 2.39. The van der Waals surface area contributed by atoms with Crippen molar-refractivity contribution in [2.75, 3.05) is 24.3 Å². The van der Waals surface area contributed by atoms with Gasteiger partial charge in [0.2, 0.25) is 11.8 Å². The van der Waals surface area contributed by atoms with E-state index in [1.54, 1.807) is 0 Å². The van der Waals surface area contributed by atoms with Crippen molar-refractivity contribution in [3.8, 4) is 0 Å². The maximum Gasteiger partial charge on any atom is 0.230 e. The molecule has 0 bridgehead atoms. The van der Waals surface area contributed by atoms with Gasteiger partial charge in [-0.2, -0.15) is 0 Å². The summed E-state index contributed by atoms with van der Waals surface area (Å²) in [4.78, 5) is 30.2. The van der Waals surface area contributed by atoms with Gasteiger partial charge in [-0.15, -0.1) is 0 Å². The van der Waals surface area contributed by atoms with E-state index in [4.69, 9.17) is 0 Å². The van der Waals surface area contributed by atoms with Gasteiger partial charge in [0.05, 0.1) is 5.92 Å². The highest BCUT2D eigenvalue weighted by Gasteiger charge is 2.28. The number of anilines is 2. The summed E-state index contributed by atoms with van der Waals surface area (Å²) in [5.41, 5.74) is 3.90. The Morgan fingerprint density at radius 1 is 0.939 bits per heavy atom. The number of nitrogens with one attached hydrogen (secondary N) is 1. The van der Waals surface area contributed by atoms with Crippen LogP contribution < -0.4 is 10.2 Å². The van der Waals surface area contributed by atoms with Crippen LogP contribution >= 0.6 is 0 Å². The van der Waals surface area contributed by atoms with Crippen molar-refractivity contribution in [3.05, 3.63) is 59.7 Å². The number of carbonyl (C=O) groups is 2. The number of carbonyl (C=O) groups excluding carboxylic acids is 2. The van der Waals surface area contributed by atoms with E-state index in [1.807, 2.05) is 81.4 Å². The standard InChI is InChI=1S/C28H41N3O2/c1-8-21(5)31(28(33)25(9-2)22-13-11-10-12-14-22)19-23-18-24(15-16-26(23)30(6)7)29-27(32)17-20(3)4/h10-16,18,20-21,25H,8-9,17,19H2,1-7H3,(H,29,32)/t21-,25+/m1/s1.